The molecule has 4 heteroatoms. The number of rotatable bonds is 2. The maximum Gasteiger partial charge on any atom is 0.250 e. The Morgan fingerprint density at radius 3 is 2.60 bits per heavy atom. The van der Waals surface area contributed by atoms with E-state index in [2.05, 4.69) is 24.1 Å². The predicted molar refractivity (Wildman–Crippen MR) is 97.5 cm³/mol. The van der Waals surface area contributed by atoms with Gasteiger partial charge in [0.25, 0.3) is 0 Å². The fraction of sp³-hybridized carbons (Fsp3) is 0.571. The number of fused-ring (bicyclic) bond motifs is 3. The molecular formula is C21H27FN2O. The van der Waals surface area contributed by atoms with E-state index in [9.17, 15) is 9.18 Å². The molecule has 1 aliphatic carbocycles. The highest BCUT2D eigenvalue weighted by Gasteiger charge is 2.39. The van der Waals surface area contributed by atoms with Gasteiger partial charge in [0.2, 0.25) is 5.91 Å². The molecule has 2 unspecified atom stereocenters. The Morgan fingerprint density at radius 2 is 2.00 bits per heavy atom. The molecule has 0 aromatic heterocycles. The second-order valence-corrected chi connectivity index (χ2v) is 8.60. The number of carbonyl (C=O) groups excluding carboxylic acids is 1. The minimum absolute atomic E-state index is 0.177. The van der Waals surface area contributed by atoms with Crippen LogP contribution in [-0.4, -0.2) is 36.0 Å². The third kappa shape index (κ3) is 3.24. The standard InChI is InChI=1S/C21H27FN2O/c1-21(2)10-9-18(19(11-21)14-3-5-15(22)6-4-14)20(25)24-13-16-7-8-17(24)12-23-16/h3-6,16-17,23H,7-13H2,1-2H3. The molecule has 4 aliphatic rings. The van der Waals surface area contributed by atoms with Crippen molar-refractivity contribution in [1.29, 1.82) is 0 Å². The lowest BCUT2D eigenvalue weighted by Gasteiger charge is -2.47. The van der Waals surface area contributed by atoms with Crippen LogP contribution in [0.4, 0.5) is 4.39 Å². The van der Waals surface area contributed by atoms with E-state index in [1.807, 2.05) is 12.1 Å². The number of amides is 1. The quantitative estimate of drug-likeness (QED) is 0.888. The molecule has 0 spiro atoms. The van der Waals surface area contributed by atoms with Crippen molar-refractivity contribution in [3.8, 4) is 0 Å². The molecule has 0 radical (unpaired) electrons. The Hall–Kier alpha value is -1.68. The Labute approximate surface area is 149 Å². The largest absolute Gasteiger partial charge is 0.333 e. The zero-order valence-electron chi connectivity index (χ0n) is 15.1. The number of halogens is 1. The molecule has 1 amide bonds. The van der Waals surface area contributed by atoms with E-state index in [0.29, 0.717) is 12.1 Å². The molecule has 2 bridgehead atoms. The summed E-state index contributed by atoms with van der Waals surface area (Å²) in [5, 5.41) is 3.52. The van der Waals surface area contributed by atoms with Crippen molar-refractivity contribution in [3.63, 3.8) is 0 Å². The van der Waals surface area contributed by atoms with E-state index < -0.39 is 0 Å². The molecule has 1 N–H and O–H groups in total. The zero-order chi connectivity index (χ0) is 17.6. The second-order valence-electron chi connectivity index (χ2n) is 8.60. The van der Waals surface area contributed by atoms with Crippen LogP contribution < -0.4 is 5.32 Å². The van der Waals surface area contributed by atoms with Gasteiger partial charge in [0.1, 0.15) is 5.82 Å². The van der Waals surface area contributed by atoms with Gasteiger partial charge < -0.3 is 10.2 Å². The van der Waals surface area contributed by atoms with E-state index in [4.69, 9.17) is 0 Å². The minimum atomic E-state index is -0.230. The molecule has 3 nitrogen and oxygen atoms in total. The van der Waals surface area contributed by atoms with E-state index in [-0.39, 0.29) is 17.1 Å². The maximum absolute atomic E-state index is 13.4. The third-order valence-corrected chi connectivity index (χ3v) is 6.13. The molecule has 25 heavy (non-hydrogen) atoms. The van der Waals surface area contributed by atoms with E-state index in [0.717, 1.165) is 55.5 Å². The summed E-state index contributed by atoms with van der Waals surface area (Å²) in [5.41, 5.74) is 3.25. The van der Waals surface area contributed by atoms with Crippen molar-refractivity contribution < 1.29 is 9.18 Å². The summed E-state index contributed by atoms with van der Waals surface area (Å²) in [6, 6.07) is 7.42. The number of carbonyl (C=O) groups is 1. The first-order chi connectivity index (χ1) is 11.9. The highest BCUT2D eigenvalue weighted by atomic mass is 19.1. The number of benzene rings is 1. The SMILES string of the molecule is CC1(C)CCC(C(=O)N2CC3CCC2CN3)=C(c2ccc(F)cc2)C1. The van der Waals surface area contributed by atoms with Crippen molar-refractivity contribution in [2.75, 3.05) is 13.1 Å². The molecule has 3 saturated heterocycles. The van der Waals surface area contributed by atoms with Crippen LogP contribution in [0.5, 0.6) is 0 Å². The van der Waals surface area contributed by atoms with Crippen molar-refractivity contribution >= 4 is 11.5 Å². The lowest BCUT2D eigenvalue weighted by molar-refractivity contribution is -0.133. The summed E-state index contributed by atoms with van der Waals surface area (Å²) < 4.78 is 13.4. The third-order valence-electron chi connectivity index (χ3n) is 6.13. The Kier molecular flexibility index (Phi) is 4.19. The first kappa shape index (κ1) is 16.8. The number of piperidine rings is 2. The highest BCUT2D eigenvalue weighted by molar-refractivity contribution is 6.02. The van der Waals surface area contributed by atoms with Gasteiger partial charge in [0.15, 0.2) is 0 Å². The number of nitrogens with zero attached hydrogens (tertiary/aromatic N) is 1. The summed E-state index contributed by atoms with van der Waals surface area (Å²) in [5.74, 6) is -0.0160. The summed E-state index contributed by atoms with van der Waals surface area (Å²) >= 11 is 0. The zero-order valence-corrected chi connectivity index (χ0v) is 15.1. The van der Waals surface area contributed by atoms with Gasteiger partial charge in [-0.2, -0.15) is 0 Å². The minimum Gasteiger partial charge on any atom is -0.333 e. The van der Waals surface area contributed by atoms with E-state index in [1.54, 1.807) is 0 Å². The molecular weight excluding hydrogens is 315 g/mol. The second kappa shape index (κ2) is 6.24. The van der Waals surface area contributed by atoms with Gasteiger partial charge in [0, 0.05) is 30.7 Å². The van der Waals surface area contributed by atoms with Gasteiger partial charge in [0.05, 0.1) is 0 Å². The van der Waals surface area contributed by atoms with Crippen LogP contribution in [0.25, 0.3) is 5.57 Å². The van der Waals surface area contributed by atoms with Crippen LogP contribution in [-0.2, 0) is 4.79 Å². The van der Waals surface area contributed by atoms with Crippen LogP contribution in [0.3, 0.4) is 0 Å². The van der Waals surface area contributed by atoms with Crippen molar-refractivity contribution in [2.24, 2.45) is 5.41 Å². The van der Waals surface area contributed by atoms with Crippen LogP contribution in [0.1, 0.15) is 51.5 Å². The Bertz CT molecular complexity index is 699. The average Bonchev–Trinajstić information content (AvgIpc) is 2.62. The number of nitrogens with one attached hydrogen (secondary N) is 1. The summed E-state index contributed by atoms with van der Waals surface area (Å²) in [7, 11) is 0. The van der Waals surface area contributed by atoms with Crippen LogP contribution >= 0.6 is 0 Å². The molecule has 1 aromatic rings. The Balaban J connectivity index is 1.70. The molecule has 3 heterocycles. The molecule has 3 fully saturated rings. The lowest BCUT2D eigenvalue weighted by Crippen LogP contribution is -2.62. The van der Waals surface area contributed by atoms with Crippen LogP contribution in [0, 0.1) is 11.2 Å². The van der Waals surface area contributed by atoms with Crippen molar-refractivity contribution in [2.45, 2.75) is 58.0 Å². The molecule has 5 rings (SSSR count). The first-order valence-corrected chi connectivity index (χ1v) is 9.45. The monoisotopic (exact) mass is 342 g/mol. The maximum atomic E-state index is 13.4. The smallest absolute Gasteiger partial charge is 0.250 e. The van der Waals surface area contributed by atoms with E-state index >= 15 is 0 Å². The van der Waals surface area contributed by atoms with Gasteiger partial charge in [-0.1, -0.05) is 26.0 Å². The topological polar surface area (TPSA) is 32.3 Å². The van der Waals surface area contributed by atoms with Gasteiger partial charge in [-0.15, -0.1) is 0 Å². The normalized spacial score (nSPS) is 28.4. The lowest BCUT2D eigenvalue weighted by atomic mass is 9.72. The number of piperazine rings is 1. The van der Waals surface area contributed by atoms with E-state index in [1.165, 1.54) is 18.6 Å². The Morgan fingerprint density at radius 1 is 1.24 bits per heavy atom. The van der Waals surface area contributed by atoms with Crippen LogP contribution in [0.2, 0.25) is 0 Å². The predicted octanol–water partition coefficient (Wildman–Crippen LogP) is 3.75. The van der Waals surface area contributed by atoms with Gasteiger partial charge >= 0.3 is 0 Å². The average molecular weight is 342 g/mol. The summed E-state index contributed by atoms with van der Waals surface area (Å²) in [4.78, 5) is 15.5. The van der Waals surface area contributed by atoms with Gasteiger partial charge in [-0.05, 0) is 60.8 Å². The number of hydrogen-bond donors (Lipinski definition) is 1. The molecule has 134 valence electrons. The molecule has 3 aliphatic heterocycles. The molecule has 2 atom stereocenters. The van der Waals surface area contributed by atoms with Gasteiger partial charge in [-0.25, -0.2) is 4.39 Å². The first-order valence-electron chi connectivity index (χ1n) is 9.45. The summed E-state index contributed by atoms with van der Waals surface area (Å²) in [6.45, 7) is 6.25. The van der Waals surface area contributed by atoms with Gasteiger partial charge in [-0.3, -0.25) is 4.79 Å². The molecule has 0 saturated carbocycles. The fourth-order valence-corrected chi connectivity index (χ4v) is 4.58. The summed E-state index contributed by atoms with van der Waals surface area (Å²) in [6.07, 6.45) is 5.00. The highest BCUT2D eigenvalue weighted by Crippen LogP contribution is 2.44. The van der Waals surface area contributed by atoms with Crippen molar-refractivity contribution in [1.82, 2.24) is 10.2 Å². The van der Waals surface area contributed by atoms with Crippen LogP contribution in [0.15, 0.2) is 29.8 Å². The number of allylic oxidation sites excluding steroid dienone is 1. The molecule has 1 aromatic carbocycles. The number of hydrogen-bond acceptors (Lipinski definition) is 2. The van der Waals surface area contributed by atoms with Crippen molar-refractivity contribution in [3.05, 3.63) is 41.2 Å². The fourth-order valence-electron chi connectivity index (χ4n) is 4.58.